The fourth-order valence-electron chi connectivity index (χ4n) is 4.45. The van der Waals surface area contributed by atoms with Gasteiger partial charge in [0.2, 0.25) is 5.88 Å². The first kappa shape index (κ1) is 21.7. The largest absolute Gasteiger partial charge is 0.472 e. The lowest BCUT2D eigenvalue weighted by molar-refractivity contribution is 0.0674. The highest BCUT2D eigenvalue weighted by molar-refractivity contribution is 6.01. The molecule has 2 aromatic heterocycles. The number of ether oxygens (including phenoxy) is 1. The van der Waals surface area contributed by atoms with Gasteiger partial charge in [0.25, 0.3) is 0 Å². The monoisotopic (exact) mass is 447 g/mol. The Labute approximate surface area is 193 Å². The molecule has 8 heteroatoms. The van der Waals surface area contributed by atoms with E-state index in [4.69, 9.17) is 4.74 Å². The van der Waals surface area contributed by atoms with Gasteiger partial charge in [-0.3, -0.25) is 4.79 Å². The van der Waals surface area contributed by atoms with Crippen LogP contribution in [0.4, 0.5) is 0 Å². The number of benzene rings is 1. The fraction of sp³-hybridized carbons (Fsp3) is 0.440. The lowest BCUT2D eigenvalue weighted by Crippen LogP contribution is -2.55. The van der Waals surface area contributed by atoms with Gasteiger partial charge in [-0.05, 0) is 68.7 Å². The summed E-state index contributed by atoms with van der Waals surface area (Å²) in [6.45, 7) is 2.08. The quantitative estimate of drug-likeness (QED) is 0.512. The topological polar surface area (TPSA) is 102 Å². The first-order valence-corrected chi connectivity index (χ1v) is 11.6. The van der Waals surface area contributed by atoms with E-state index in [1.807, 2.05) is 30.3 Å². The first-order valence-electron chi connectivity index (χ1n) is 11.6. The van der Waals surface area contributed by atoms with Gasteiger partial charge in [-0.25, -0.2) is 4.98 Å². The normalized spacial score (nSPS) is 23.8. The van der Waals surface area contributed by atoms with Crippen molar-refractivity contribution in [3.05, 3.63) is 66.1 Å². The molecule has 2 N–H and O–H groups in total. The van der Waals surface area contributed by atoms with Crippen molar-refractivity contribution in [2.45, 2.75) is 63.3 Å². The Morgan fingerprint density at radius 1 is 1.15 bits per heavy atom. The third-order valence-electron chi connectivity index (χ3n) is 6.47. The molecule has 0 amide bonds. The molecule has 1 aliphatic heterocycles. The van der Waals surface area contributed by atoms with Gasteiger partial charge in [0, 0.05) is 23.9 Å². The Morgan fingerprint density at radius 2 is 1.97 bits per heavy atom. The van der Waals surface area contributed by atoms with E-state index < -0.39 is 6.04 Å². The summed E-state index contributed by atoms with van der Waals surface area (Å²) in [5.41, 5.74) is 2.31. The third-order valence-corrected chi connectivity index (χ3v) is 6.47. The highest BCUT2D eigenvalue weighted by Gasteiger charge is 2.36. The molecule has 3 heterocycles. The van der Waals surface area contributed by atoms with Crippen LogP contribution in [0.2, 0.25) is 0 Å². The van der Waals surface area contributed by atoms with Crippen LogP contribution in [0, 0.1) is 5.92 Å². The molecule has 8 nitrogen and oxygen atoms in total. The maximum atomic E-state index is 13.5. The summed E-state index contributed by atoms with van der Waals surface area (Å²) in [6.07, 6.45) is 8.72. The Bertz CT molecular complexity index is 1100. The summed E-state index contributed by atoms with van der Waals surface area (Å²) in [5, 5.41) is 22.0. The molecule has 172 valence electrons. The van der Waals surface area contributed by atoms with E-state index in [1.165, 1.54) is 4.80 Å². The second-order valence-electron chi connectivity index (χ2n) is 9.12. The van der Waals surface area contributed by atoms with Crippen molar-refractivity contribution in [1.29, 1.82) is 0 Å². The number of carbonyl (C=O) groups is 1. The molecule has 2 aliphatic rings. The third kappa shape index (κ3) is 5.12. The molecular formula is C25H29N5O3. The predicted molar refractivity (Wildman–Crippen MR) is 122 cm³/mol. The van der Waals surface area contributed by atoms with Crippen LogP contribution >= 0.6 is 0 Å². The molecule has 33 heavy (non-hydrogen) atoms. The number of ketones is 1. The fourth-order valence-corrected chi connectivity index (χ4v) is 4.45. The van der Waals surface area contributed by atoms with E-state index in [0.29, 0.717) is 23.8 Å². The zero-order valence-electron chi connectivity index (χ0n) is 18.7. The van der Waals surface area contributed by atoms with Crippen molar-refractivity contribution < 1.29 is 14.6 Å². The Morgan fingerprint density at radius 3 is 2.76 bits per heavy atom. The second kappa shape index (κ2) is 9.41. The number of carbonyl (C=O) groups excluding carboxylic acids is 1. The van der Waals surface area contributed by atoms with Gasteiger partial charge in [-0.1, -0.05) is 12.1 Å². The molecule has 0 radical (unpaired) electrons. The lowest BCUT2D eigenvalue weighted by Gasteiger charge is -2.35. The van der Waals surface area contributed by atoms with Crippen molar-refractivity contribution >= 4 is 5.78 Å². The molecule has 0 spiro atoms. The zero-order valence-corrected chi connectivity index (χ0v) is 18.7. The summed E-state index contributed by atoms with van der Waals surface area (Å²) in [5.74, 6) is 0.881. The van der Waals surface area contributed by atoms with Crippen LogP contribution in [0.5, 0.6) is 5.88 Å². The highest BCUT2D eigenvalue weighted by atomic mass is 16.5. The number of pyridine rings is 1. The van der Waals surface area contributed by atoms with Crippen LogP contribution < -0.4 is 10.1 Å². The van der Waals surface area contributed by atoms with E-state index >= 15 is 0 Å². The molecular weight excluding hydrogens is 418 g/mol. The van der Waals surface area contributed by atoms with Gasteiger partial charge < -0.3 is 15.2 Å². The molecule has 1 saturated carbocycles. The molecule has 1 saturated heterocycles. The molecule has 4 atom stereocenters. The van der Waals surface area contributed by atoms with E-state index in [-0.39, 0.29) is 24.0 Å². The van der Waals surface area contributed by atoms with Gasteiger partial charge >= 0.3 is 0 Å². The van der Waals surface area contributed by atoms with E-state index in [2.05, 4.69) is 27.4 Å². The standard InChI is InChI=1S/C25H29N5O3/c1-16-5-8-22(33-23-14-17(9-10-26-23)13-21(31)18-6-7-18)24(29-16)25(32)19-3-2-4-20(15-19)30-27-11-12-28-30/h2-4,9-12,14-16,18,21-22,24,29,31H,5-8,13H2,1H3/t16-,21?,22-,24?/m1/s1. The highest BCUT2D eigenvalue weighted by Crippen LogP contribution is 2.34. The number of hydrogen-bond donors (Lipinski definition) is 2. The molecule has 3 aromatic rings. The molecule has 5 rings (SSSR count). The number of aliphatic hydroxyl groups is 1. The van der Waals surface area contributed by atoms with Gasteiger partial charge in [-0.2, -0.15) is 15.0 Å². The second-order valence-corrected chi connectivity index (χ2v) is 9.12. The van der Waals surface area contributed by atoms with Crippen molar-refractivity contribution in [1.82, 2.24) is 25.3 Å². The van der Waals surface area contributed by atoms with Crippen LogP contribution in [0.25, 0.3) is 5.69 Å². The van der Waals surface area contributed by atoms with Gasteiger partial charge in [-0.15, -0.1) is 0 Å². The lowest BCUT2D eigenvalue weighted by atomic mass is 9.90. The van der Waals surface area contributed by atoms with E-state index in [0.717, 1.165) is 36.9 Å². The maximum Gasteiger partial charge on any atom is 0.213 e. The minimum absolute atomic E-state index is 0.0270. The van der Waals surface area contributed by atoms with Gasteiger partial charge in [0.1, 0.15) is 12.1 Å². The maximum absolute atomic E-state index is 13.5. The van der Waals surface area contributed by atoms with Crippen molar-refractivity contribution in [3.8, 4) is 11.6 Å². The number of Topliss-reactive ketones (excluding diaryl/α,β-unsaturated/α-hetero) is 1. The summed E-state index contributed by atoms with van der Waals surface area (Å²) in [6, 6.07) is 10.8. The number of aliphatic hydroxyl groups excluding tert-OH is 1. The minimum atomic E-state index is -0.489. The van der Waals surface area contributed by atoms with Gasteiger partial charge in [0.15, 0.2) is 5.78 Å². The number of nitrogens with zero attached hydrogens (tertiary/aromatic N) is 4. The Balaban J connectivity index is 1.33. The van der Waals surface area contributed by atoms with Crippen LogP contribution in [-0.2, 0) is 6.42 Å². The number of nitrogens with one attached hydrogen (secondary N) is 1. The van der Waals surface area contributed by atoms with E-state index in [1.54, 1.807) is 24.7 Å². The average Bonchev–Trinajstić information content (AvgIpc) is 3.54. The summed E-state index contributed by atoms with van der Waals surface area (Å²) in [7, 11) is 0. The molecule has 1 aliphatic carbocycles. The molecule has 2 unspecified atom stereocenters. The number of rotatable bonds is 8. The zero-order chi connectivity index (χ0) is 22.8. The van der Waals surface area contributed by atoms with E-state index in [9.17, 15) is 9.90 Å². The molecule has 2 fully saturated rings. The van der Waals surface area contributed by atoms with Crippen LogP contribution in [-0.4, -0.2) is 55.2 Å². The van der Waals surface area contributed by atoms with Crippen molar-refractivity contribution in [2.75, 3.05) is 0 Å². The summed E-state index contributed by atoms with van der Waals surface area (Å²) < 4.78 is 6.25. The van der Waals surface area contributed by atoms with Crippen molar-refractivity contribution in [2.24, 2.45) is 5.92 Å². The van der Waals surface area contributed by atoms with Crippen molar-refractivity contribution in [3.63, 3.8) is 0 Å². The predicted octanol–water partition coefficient (Wildman–Crippen LogP) is 2.75. The van der Waals surface area contributed by atoms with Gasteiger partial charge in [0.05, 0.1) is 24.2 Å². The first-order chi connectivity index (χ1) is 16.1. The van der Waals surface area contributed by atoms with Crippen LogP contribution in [0.1, 0.15) is 48.5 Å². The molecule has 0 bridgehead atoms. The number of aromatic nitrogens is 4. The van der Waals surface area contributed by atoms with Crippen LogP contribution in [0.15, 0.2) is 55.0 Å². The number of hydrogen-bond acceptors (Lipinski definition) is 7. The van der Waals surface area contributed by atoms with Crippen LogP contribution in [0.3, 0.4) is 0 Å². The summed E-state index contributed by atoms with van der Waals surface area (Å²) >= 11 is 0. The molecule has 1 aromatic carbocycles. The average molecular weight is 448 g/mol. The SMILES string of the molecule is C[C@@H]1CC[C@@H](Oc2cc(CC(O)C3CC3)ccn2)C(C(=O)c2cccc(-n3nccn3)c2)N1. The number of piperidine rings is 1. The minimum Gasteiger partial charge on any atom is -0.472 e. The Kier molecular flexibility index (Phi) is 6.20. The Hall–Kier alpha value is -3.10. The summed E-state index contributed by atoms with van der Waals surface area (Å²) in [4.78, 5) is 19.4. The smallest absolute Gasteiger partial charge is 0.213 e.